The van der Waals surface area contributed by atoms with E-state index in [1.165, 1.54) is 12.6 Å². The Bertz CT molecular complexity index is 791. The van der Waals surface area contributed by atoms with Crippen LogP contribution < -0.4 is 10.6 Å². The van der Waals surface area contributed by atoms with E-state index in [0.29, 0.717) is 6.42 Å². The number of imidazole rings is 1. The Hall–Kier alpha value is -1.84. The third-order valence-corrected chi connectivity index (χ3v) is 4.83. The van der Waals surface area contributed by atoms with Crippen LogP contribution in [0.3, 0.4) is 0 Å². The van der Waals surface area contributed by atoms with Gasteiger partial charge in [-0.15, -0.1) is 24.0 Å². The number of hydrogen-bond acceptors (Lipinski definition) is 4. The van der Waals surface area contributed by atoms with Crippen molar-refractivity contribution in [3.05, 3.63) is 30.1 Å². The summed E-state index contributed by atoms with van der Waals surface area (Å²) in [6.07, 6.45) is 5.57. The molecule has 0 saturated heterocycles. The molecular formula is C22H36IN5O2. The highest BCUT2D eigenvalue weighted by molar-refractivity contribution is 14.0. The van der Waals surface area contributed by atoms with Crippen LogP contribution in [0.15, 0.2) is 29.3 Å². The Morgan fingerprint density at radius 2 is 1.90 bits per heavy atom. The van der Waals surface area contributed by atoms with E-state index in [0.717, 1.165) is 75.6 Å². The van der Waals surface area contributed by atoms with Crippen LogP contribution in [-0.2, 0) is 16.1 Å². The average molecular weight is 529 g/mol. The Morgan fingerprint density at radius 3 is 2.67 bits per heavy atom. The number of benzene rings is 1. The third-order valence-electron chi connectivity index (χ3n) is 4.83. The van der Waals surface area contributed by atoms with Gasteiger partial charge in [-0.3, -0.25) is 9.79 Å². The maximum Gasteiger partial charge on any atom is 0.305 e. The molecule has 0 bridgehead atoms. The molecule has 30 heavy (non-hydrogen) atoms. The number of hydrogen-bond donors (Lipinski definition) is 2. The summed E-state index contributed by atoms with van der Waals surface area (Å²) in [4.78, 5) is 20.4. The van der Waals surface area contributed by atoms with Gasteiger partial charge in [0.05, 0.1) is 18.1 Å². The highest BCUT2D eigenvalue weighted by atomic mass is 127. The van der Waals surface area contributed by atoms with E-state index in [1.807, 2.05) is 6.07 Å². The number of aryl methyl sites for hydroxylation is 2. The molecule has 0 aliphatic rings. The van der Waals surface area contributed by atoms with Crippen LogP contribution in [0.1, 0.15) is 51.3 Å². The van der Waals surface area contributed by atoms with Gasteiger partial charge in [0.25, 0.3) is 0 Å². The number of ether oxygens (including phenoxy) is 1. The van der Waals surface area contributed by atoms with Gasteiger partial charge in [-0.25, -0.2) is 4.98 Å². The number of halogens is 1. The van der Waals surface area contributed by atoms with Crippen LogP contribution in [0.4, 0.5) is 0 Å². The number of esters is 1. The van der Waals surface area contributed by atoms with Crippen LogP contribution in [0.5, 0.6) is 0 Å². The topological polar surface area (TPSA) is 80.5 Å². The summed E-state index contributed by atoms with van der Waals surface area (Å²) in [6.45, 7) is 7.53. The quantitative estimate of drug-likeness (QED) is 0.143. The highest BCUT2D eigenvalue weighted by Gasteiger charge is 2.06. The van der Waals surface area contributed by atoms with E-state index >= 15 is 0 Å². The van der Waals surface area contributed by atoms with Gasteiger partial charge in [0, 0.05) is 32.6 Å². The number of fused-ring (bicyclic) bond motifs is 1. The lowest BCUT2D eigenvalue weighted by molar-refractivity contribution is -0.140. The smallest absolute Gasteiger partial charge is 0.305 e. The highest BCUT2D eigenvalue weighted by Crippen LogP contribution is 2.15. The SMILES string of the molecule is CCNC(=NCCCn1c(C)nc2ccccc21)NCCCCCCC(=O)OC.I. The predicted molar refractivity (Wildman–Crippen MR) is 134 cm³/mol. The zero-order valence-electron chi connectivity index (χ0n) is 18.4. The number of rotatable bonds is 12. The predicted octanol–water partition coefficient (Wildman–Crippen LogP) is 4.03. The van der Waals surface area contributed by atoms with Crippen molar-refractivity contribution in [2.24, 2.45) is 4.99 Å². The summed E-state index contributed by atoms with van der Waals surface area (Å²) in [7, 11) is 1.44. The number of guanidine groups is 1. The Balaban J connectivity index is 0.00000450. The number of methoxy groups -OCH3 is 1. The van der Waals surface area contributed by atoms with Crippen molar-refractivity contribution in [1.82, 2.24) is 20.2 Å². The number of unbranched alkanes of at least 4 members (excludes halogenated alkanes) is 3. The molecule has 2 N–H and O–H groups in total. The Labute approximate surface area is 197 Å². The molecule has 8 heteroatoms. The van der Waals surface area contributed by atoms with Gasteiger partial charge in [0.1, 0.15) is 5.82 Å². The van der Waals surface area contributed by atoms with E-state index in [2.05, 4.69) is 57.0 Å². The first-order chi connectivity index (χ1) is 14.2. The standard InChI is InChI=1S/C22H35N5O2.HI/c1-4-23-22(24-15-10-6-5-7-14-21(28)29-3)25-16-11-17-27-18(2)26-19-12-8-9-13-20(19)27;/h8-9,12-13H,4-7,10-11,14-17H2,1-3H3,(H2,23,24,25);1H. The van der Waals surface area contributed by atoms with Crippen LogP contribution in [-0.4, -0.2) is 48.2 Å². The number of nitrogens with one attached hydrogen (secondary N) is 2. The van der Waals surface area contributed by atoms with E-state index in [4.69, 9.17) is 4.99 Å². The van der Waals surface area contributed by atoms with Crippen LogP contribution >= 0.6 is 24.0 Å². The molecule has 0 amide bonds. The summed E-state index contributed by atoms with van der Waals surface area (Å²) in [5.74, 6) is 1.80. The van der Waals surface area contributed by atoms with Gasteiger partial charge in [-0.1, -0.05) is 25.0 Å². The van der Waals surface area contributed by atoms with E-state index < -0.39 is 0 Å². The second kappa shape index (κ2) is 15.0. The van der Waals surface area contributed by atoms with Crippen molar-refractivity contribution in [1.29, 1.82) is 0 Å². The number of carbonyl (C=O) groups excluding carboxylic acids is 1. The summed E-state index contributed by atoms with van der Waals surface area (Å²) in [5, 5.41) is 6.69. The second-order valence-corrected chi connectivity index (χ2v) is 7.08. The molecule has 168 valence electrons. The maximum absolute atomic E-state index is 11.1. The molecule has 0 aliphatic heterocycles. The molecule has 2 rings (SSSR count). The molecule has 0 unspecified atom stereocenters. The molecule has 0 radical (unpaired) electrons. The summed E-state index contributed by atoms with van der Waals surface area (Å²) in [6, 6.07) is 8.26. The molecule has 0 atom stereocenters. The molecule has 0 spiro atoms. The lowest BCUT2D eigenvalue weighted by Crippen LogP contribution is -2.37. The van der Waals surface area contributed by atoms with Crippen molar-refractivity contribution in [2.75, 3.05) is 26.7 Å². The number of nitrogens with zero attached hydrogens (tertiary/aromatic N) is 3. The molecule has 0 fully saturated rings. The Morgan fingerprint density at radius 1 is 1.13 bits per heavy atom. The minimum atomic E-state index is -0.122. The first kappa shape index (κ1) is 26.2. The Kier molecular flexibility index (Phi) is 13.1. The van der Waals surface area contributed by atoms with Gasteiger partial charge < -0.3 is 19.9 Å². The fourth-order valence-electron chi connectivity index (χ4n) is 3.30. The van der Waals surface area contributed by atoms with Crippen molar-refractivity contribution in [3.8, 4) is 0 Å². The van der Waals surface area contributed by atoms with Gasteiger partial charge in [0.2, 0.25) is 0 Å². The molecule has 1 aromatic carbocycles. The zero-order chi connectivity index (χ0) is 20.9. The third kappa shape index (κ3) is 8.89. The first-order valence-electron chi connectivity index (χ1n) is 10.7. The van der Waals surface area contributed by atoms with Gasteiger partial charge in [-0.05, 0) is 45.2 Å². The van der Waals surface area contributed by atoms with E-state index in [-0.39, 0.29) is 29.9 Å². The zero-order valence-corrected chi connectivity index (χ0v) is 20.8. The fraction of sp³-hybridized carbons (Fsp3) is 0.591. The molecule has 2 aromatic rings. The molecule has 0 aliphatic carbocycles. The summed E-state index contributed by atoms with van der Waals surface area (Å²) < 4.78 is 6.92. The van der Waals surface area contributed by atoms with Crippen molar-refractivity contribution < 1.29 is 9.53 Å². The molecular weight excluding hydrogens is 493 g/mol. The van der Waals surface area contributed by atoms with E-state index in [1.54, 1.807) is 0 Å². The average Bonchev–Trinajstić information content (AvgIpc) is 3.05. The lowest BCUT2D eigenvalue weighted by Gasteiger charge is -2.11. The lowest BCUT2D eigenvalue weighted by atomic mass is 10.1. The fourth-order valence-corrected chi connectivity index (χ4v) is 3.30. The molecule has 1 aromatic heterocycles. The largest absolute Gasteiger partial charge is 0.469 e. The van der Waals surface area contributed by atoms with Gasteiger partial charge in [-0.2, -0.15) is 0 Å². The number of aliphatic imine (C=N–C) groups is 1. The van der Waals surface area contributed by atoms with Gasteiger partial charge in [0.15, 0.2) is 5.96 Å². The summed E-state index contributed by atoms with van der Waals surface area (Å²) >= 11 is 0. The monoisotopic (exact) mass is 529 g/mol. The summed E-state index contributed by atoms with van der Waals surface area (Å²) in [5.41, 5.74) is 2.24. The number of carbonyl (C=O) groups is 1. The molecule has 0 saturated carbocycles. The second-order valence-electron chi connectivity index (χ2n) is 7.08. The maximum atomic E-state index is 11.1. The minimum absolute atomic E-state index is 0. The van der Waals surface area contributed by atoms with Crippen molar-refractivity contribution in [3.63, 3.8) is 0 Å². The minimum Gasteiger partial charge on any atom is -0.469 e. The van der Waals surface area contributed by atoms with Crippen LogP contribution in [0, 0.1) is 6.92 Å². The van der Waals surface area contributed by atoms with Crippen LogP contribution in [0.2, 0.25) is 0 Å². The van der Waals surface area contributed by atoms with Crippen molar-refractivity contribution >= 4 is 46.9 Å². The molecule has 7 nitrogen and oxygen atoms in total. The van der Waals surface area contributed by atoms with E-state index in [9.17, 15) is 4.79 Å². The van der Waals surface area contributed by atoms with Crippen molar-refractivity contribution in [2.45, 2.75) is 58.9 Å². The van der Waals surface area contributed by atoms with Gasteiger partial charge >= 0.3 is 5.97 Å². The first-order valence-corrected chi connectivity index (χ1v) is 10.7. The number of para-hydroxylation sites is 2. The normalized spacial score (nSPS) is 11.2. The number of aromatic nitrogens is 2. The molecule has 1 heterocycles. The van der Waals surface area contributed by atoms with Crippen LogP contribution in [0.25, 0.3) is 11.0 Å².